The molecular weight excluding hydrogens is 330 g/mol. The van der Waals surface area contributed by atoms with Crippen molar-refractivity contribution < 1.29 is 8.42 Å². The molecule has 0 aliphatic carbocycles. The lowest BCUT2D eigenvalue weighted by molar-refractivity contribution is 0.342. The van der Waals surface area contributed by atoms with Crippen molar-refractivity contribution >= 4 is 32.6 Å². The highest BCUT2D eigenvalue weighted by atomic mass is 32.2. The molecule has 1 fully saturated rings. The fourth-order valence-electron chi connectivity index (χ4n) is 3.27. The van der Waals surface area contributed by atoms with E-state index in [2.05, 4.69) is 25.4 Å². The van der Waals surface area contributed by atoms with Crippen LogP contribution >= 0.6 is 0 Å². The number of fused-ring (bicyclic) bond motifs is 3. The summed E-state index contributed by atoms with van der Waals surface area (Å²) < 4.78 is 22.5. The van der Waals surface area contributed by atoms with Gasteiger partial charge in [0.1, 0.15) is 5.52 Å². The molecule has 0 aromatic carbocycles. The van der Waals surface area contributed by atoms with Crippen molar-refractivity contribution in [3.05, 3.63) is 24.2 Å². The second-order valence-electron chi connectivity index (χ2n) is 5.70. The lowest BCUT2D eigenvalue weighted by Crippen LogP contribution is -2.33. The highest BCUT2D eigenvalue weighted by molar-refractivity contribution is 7.73. The van der Waals surface area contributed by atoms with E-state index in [0.717, 1.165) is 16.5 Å². The summed E-state index contributed by atoms with van der Waals surface area (Å²) in [6.45, 7) is 0.975. The number of likely N-dealkylation sites (tertiary alicyclic amines) is 1. The minimum atomic E-state index is -2.82. The average Bonchev–Trinajstić information content (AvgIpc) is 3.23. The molecule has 9 nitrogen and oxygen atoms in total. The molecule has 0 bridgehead atoms. The number of nitriles is 1. The van der Waals surface area contributed by atoms with E-state index in [1.807, 2.05) is 12.1 Å². The summed E-state index contributed by atoms with van der Waals surface area (Å²) in [5, 5.41) is 26.3. The van der Waals surface area contributed by atoms with E-state index in [1.165, 1.54) is 0 Å². The molecule has 1 aliphatic heterocycles. The lowest BCUT2D eigenvalue weighted by atomic mass is 10.00. The van der Waals surface area contributed by atoms with E-state index in [-0.39, 0.29) is 5.92 Å². The molecule has 4 rings (SSSR count). The molecule has 1 saturated heterocycles. The third-order valence-corrected chi connectivity index (χ3v) is 5.22. The third-order valence-electron chi connectivity index (χ3n) is 4.38. The maximum absolute atomic E-state index is 11.2. The fraction of sp³-hybridized carbons (Fsp3) is 0.357. The number of thiol groups is 1. The SMILES string of the molecule is N#CC(N1CCC(c2nncc3nnc4[nH]ccc4c23)C1)[SH](=O)=O. The number of hydrogen-bond acceptors (Lipinski definition) is 8. The van der Waals surface area contributed by atoms with Gasteiger partial charge >= 0.3 is 0 Å². The molecule has 2 unspecified atom stereocenters. The Balaban J connectivity index is 1.78. The maximum Gasteiger partial charge on any atom is 0.198 e. The Labute approximate surface area is 138 Å². The van der Waals surface area contributed by atoms with Gasteiger partial charge in [-0.15, -0.1) is 10.2 Å². The number of hydrogen-bond donors (Lipinski definition) is 2. The van der Waals surface area contributed by atoms with Crippen molar-refractivity contribution in [1.29, 1.82) is 5.26 Å². The van der Waals surface area contributed by atoms with E-state index >= 15 is 0 Å². The molecule has 0 saturated carbocycles. The molecule has 2 atom stereocenters. The molecule has 0 radical (unpaired) electrons. The molecule has 3 aromatic heterocycles. The van der Waals surface area contributed by atoms with Crippen molar-refractivity contribution in [3.63, 3.8) is 0 Å². The number of nitrogens with one attached hydrogen (secondary N) is 1. The second-order valence-corrected chi connectivity index (χ2v) is 6.76. The van der Waals surface area contributed by atoms with Gasteiger partial charge in [0.25, 0.3) is 0 Å². The van der Waals surface area contributed by atoms with Gasteiger partial charge in [0.15, 0.2) is 21.7 Å². The first-order valence-electron chi connectivity index (χ1n) is 7.41. The first-order valence-corrected chi connectivity index (χ1v) is 8.66. The van der Waals surface area contributed by atoms with Crippen molar-refractivity contribution in [1.82, 2.24) is 30.3 Å². The molecular formula is C14H13N7O2S. The minimum Gasteiger partial charge on any atom is -0.345 e. The first kappa shape index (κ1) is 14.9. The van der Waals surface area contributed by atoms with Crippen LogP contribution in [0.5, 0.6) is 0 Å². The lowest BCUT2D eigenvalue weighted by Gasteiger charge is -2.17. The van der Waals surface area contributed by atoms with E-state index in [1.54, 1.807) is 17.3 Å². The topological polar surface area (TPSA) is 129 Å². The van der Waals surface area contributed by atoms with Crippen LogP contribution in [0.25, 0.3) is 21.9 Å². The van der Waals surface area contributed by atoms with Gasteiger partial charge in [-0.1, -0.05) is 0 Å². The smallest absolute Gasteiger partial charge is 0.198 e. The Morgan fingerprint density at radius 3 is 3.04 bits per heavy atom. The van der Waals surface area contributed by atoms with E-state index in [9.17, 15) is 8.42 Å². The van der Waals surface area contributed by atoms with Gasteiger partial charge in [0.2, 0.25) is 0 Å². The highest BCUT2D eigenvalue weighted by Gasteiger charge is 2.33. The van der Waals surface area contributed by atoms with Crippen LogP contribution in [0.1, 0.15) is 18.0 Å². The van der Waals surface area contributed by atoms with Crippen LogP contribution in [-0.2, 0) is 10.7 Å². The van der Waals surface area contributed by atoms with Crippen LogP contribution in [0.2, 0.25) is 0 Å². The van der Waals surface area contributed by atoms with Gasteiger partial charge in [-0.05, 0) is 12.5 Å². The molecule has 122 valence electrons. The maximum atomic E-state index is 11.2. The molecule has 10 heteroatoms. The Morgan fingerprint density at radius 1 is 1.38 bits per heavy atom. The molecule has 3 aromatic rings. The van der Waals surface area contributed by atoms with Gasteiger partial charge in [0, 0.05) is 36.0 Å². The Morgan fingerprint density at radius 2 is 2.25 bits per heavy atom. The minimum absolute atomic E-state index is 0.00528. The monoisotopic (exact) mass is 343 g/mol. The second kappa shape index (κ2) is 5.77. The molecule has 1 aliphatic rings. The van der Waals surface area contributed by atoms with E-state index in [0.29, 0.717) is 30.7 Å². The van der Waals surface area contributed by atoms with E-state index in [4.69, 9.17) is 5.26 Å². The predicted octanol–water partition coefficient (Wildman–Crippen LogP) is 0.151. The van der Waals surface area contributed by atoms with Crippen LogP contribution in [0.15, 0.2) is 18.5 Å². The number of aromatic amines is 1. The van der Waals surface area contributed by atoms with Gasteiger partial charge in [-0.3, -0.25) is 4.90 Å². The summed E-state index contributed by atoms with van der Waals surface area (Å²) in [6, 6.07) is 3.76. The summed E-state index contributed by atoms with van der Waals surface area (Å²) in [7, 11) is -2.82. The Hall–Kier alpha value is -2.64. The zero-order chi connectivity index (χ0) is 16.7. The largest absolute Gasteiger partial charge is 0.345 e. The van der Waals surface area contributed by atoms with Crippen LogP contribution in [0.4, 0.5) is 0 Å². The summed E-state index contributed by atoms with van der Waals surface area (Å²) in [4.78, 5) is 4.69. The van der Waals surface area contributed by atoms with Crippen LogP contribution in [0.3, 0.4) is 0 Å². The molecule has 1 N–H and O–H groups in total. The van der Waals surface area contributed by atoms with Gasteiger partial charge in [0.05, 0.1) is 18.0 Å². The van der Waals surface area contributed by atoms with Crippen LogP contribution in [-0.4, -0.2) is 57.2 Å². The highest BCUT2D eigenvalue weighted by Crippen LogP contribution is 2.33. The molecule has 0 spiro atoms. The third kappa shape index (κ3) is 2.29. The molecule has 24 heavy (non-hydrogen) atoms. The summed E-state index contributed by atoms with van der Waals surface area (Å²) >= 11 is 0. The standard InChI is InChI=1S/C14H13N7O2S/c15-5-11(24(22)23)21-4-2-8(7-21)13-12-9-1-3-16-14(9)20-18-10(12)6-17-19-13/h1,3,6,8,11,24H,2,4,7H2,(H,16,20). The normalized spacial score (nSPS) is 19.9. The summed E-state index contributed by atoms with van der Waals surface area (Å²) in [5.74, 6) is -0.00528. The zero-order valence-electron chi connectivity index (χ0n) is 12.5. The van der Waals surface area contributed by atoms with Gasteiger partial charge in [-0.2, -0.15) is 15.5 Å². The Kier molecular flexibility index (Phi) is 3.59. The van der Waals surface area contributed by atoms with Crippen molar-refractivity contribution in [2.75, 3.05) is 13.1 Å². The van der Waals surface area contributed by atoms with Crippen molar-refractivity contribution in [2.24, 2.45) is 0 Å². The molecule has 0 amide bonds. The van der Waals surface area contributed by atoms with Gasteiger partial charge < -0.3 is 4.98 Å². The van der Waals surface area contributed by atoms with Crippen molar-refractivity contribution in [3.8, 4) is 6.07 Å². The number of aromatic nitrogens is 5. The zero-order valence-corrected chi connectivity index (χ0v) is 13.3. The number of H-pyrrole nitrogens is 1. The van der Waals surface area contributed by atoms with E-state index < -0.39 is 16.1 Å². The predicted molar refractivity (Wildman–Crippen MR) is 85.6 cm³/mol. The number of nitrogens with zero attached hydrogens (tertiary/aromatic N) is 6. The Bertz CT molecular complexity index is 1030. The summed E-state index contributed by atoms with van der Waals surface area (Å²) in [6.07, 6.45) is 4.07. The number of rotatable bonds is 3. The molecule has 4 heterocycles. The van der Waals surface area contributed by atoms with Crippen LogP contribution < -0.4 is 0 Å². The first-order chi connectivity index (χ1) is 11.7. The van der Waals surface area contributed by atoms with Crippen LogP contribution in [0, 0.1) is 11.3 Å². The van der Waals surface area contributed by atoms with Gasteiger partial charge in [-0.25, -0.2) is 8.42 Å². The average molecular weight is 343 g/mol. The fourth-order valence-corrected chi connectivity index (χ4v) is 3.84. The quantitative estimate of drug-likeness (QED) is 0.643. The summed E-state index contributed by atoms with van der Waals surface area (Å²) in [5.41, 5.74) is 2.09. The van der Waals surface area contributed by atoms with Crippen molar-refractivity contribution in [2.45, 2.75) is 17.7 Å².